The number of halogens is 2. The van der Waals surface area contributed by atoms with Crippen LogP contribution in [0, 0.1) is 0 Å². The quantitative estimate of drug-likeness (QED) is 0.217. The van der Waals surface area contributed by atoms with Gasteiger partial charge in [-0.2, -0.15) is 19.0 Å². The van der Waals surface area contributed by atoms with Gasteiger partial charge in [0.05, 0.1) is 25.1 Å². The molecule has 2 amide bonds. The third-order valence-electron chi connectivity index (χ3n) is 8.19. The van der Waals surface area contributed by atoms with Gasteiger partial charge in [-0.3, -0.25) is 19.2 Å². The number of hydrogen-bond acceptors (Lipinski definition) is 10. The molecule has 13 nitrogen and oxygen atoms in total. The molecule has 0 unspecified atom stereocenters. The van der Waals surface area contributed by atoms with Gasteiger partial charge in [-0.25, -0.2) is 9.50 Å². The number of rotatable bonds is 12. The highest BCUT2D eigenvalue weighted by Gasteiger charge is 2.29. The van der Waals surface area contributed by atoms with Gasteiger partial charge in [0, 0.05) is 60.0 Å². The molecule has 1 aromatic carbocycles. The zero-order valence-electron chi connectivity index (χ0n) is 26.9. The van der Waals surface area contributed by atoms with Crippen molar-refractivity contribution >= 4 is 34.9 Å². The normalized spacial score (nSPS) is 16.1. The highest BCUT2D eigenvalue weighted by Crippen LogP contribution is 2.39. The number of carbonyl (C=O) groups is 2. The number of likely N-dealkylation sites (N-methyl/N-ethyl adjacent to an activating group) is 1. The molecule has 256 valence electrons. The van der Waals surface area contributed by atoms with E-state index in [1.54, 1.807) is 35.5 Å². The summed E-state index contributed by atoms with van der Waals surface area (Å²) < 4.78 is 46.0. The first-order chi connectivity index (χ1) is 23.1. The second-order valence-corrected chi connectivity index (χ2v) is 13.6. The molecule has 0 saturated carbocycles. The van der Waals surface area contributed by atoms with Crippen LogP contribution in [0.5, 0.6) is 5.75 Å². The van der Waals surface area contributed by atoms with E-state index in [4.69, 9.17) is 14.2 Å². The average molecular weight is 685 g/mol. The number of anilines is 1. The summed E-state index contributed by atoms with van der Waals surface area (Å²) in [5.74, 6) is -0.785. The third-order valence-corrected chi connectivity index (χ3v) is 9.19. The first-order valence-corrected chi connectivity index (χ1v) is 16.7. The molecule has 2 fully saturated rings. The maximum atomic E-state index is 13.5. The van der Waals surface area contributed by atoms with Gasteiger partial charge in [0.2, 0.25) is 5.91 Å². The summed E-state index contributed by atoms with van der Waals surface area (Å²) >= 11 is 1.54. The average Bonchev–Trinajstić information content (AvgIpc) is 3.82. The predicted molar refractivity (Wildman–Crippen MR) is 174 cm³/mol. The molecule has 1 N–H and O–H groups in total. The van der Waals surface area contributed by atoms with Gasteiger partial charge in [0.15, 0.2) is 11.9 Å². The van der Waals surface area contributed by atoms with E-state index in [0.29, 0.717) is 44.5 Å². The van der Waals surface area contributed by atoms with Crippen molar-refractivity contribution in [2.45, 2.75) is 62.3 Å². The number of aromatic nitrogens is 5. The number of hydrogen-bond donors (Lipinski definition) is 1. The molecule has 2 aliphatic rings. The Morgan fingerprint density at radius 1 is 1.19 bits per heavy atom. The zero-order valence-corrected chi connectivity index (χ0v) is 27.7. The third kappa shape index (κ3) is 7.94. The first kappa shape index (κ1) is 33.8. The lowest BCUT2D eigenvalue weighted by Crippen LogP contribution is -2.48. The minimum Gasteiger partial charge on any atom is -0.434 e. The number of carbonyl (C=O) groups excluding carboxylic acids is 2. The van der Waals surface area contributed by atoms with Crippen LogP contribution in [0.4, 0.5) is 14.5 Å². The highest BCUT2D eigenvalue weighted by atomic mass is 32.2. The lowest BCUT2D eigenvalue weighted by molar-refractivity contribution is -0.134. The fourth-order valence-corrected chi connectivity index (χ4v) is 6.78. The molecule has 0 spiro atoms. The van der Waals surface area contributed by atoms with E-state index in [1.807, 2.05) is 20.9 Å². The van der Waals surface area contributed by atoms with Crippen LogP contribution >= 0.6 is 11.8 Å². The molecule has 4 aromatic rings. The second-order valence-electron chi connectivity index (χ2n) is 11.9. The Labute approximate surface area is 280 Å². The van der Waals surface area contributed by atoms with Gasteiger partial charge in [-0.15, -0.1) is 11.8 Å². The van der Waals surface area contributed by atoms with E-state index < -0.39 is 12.5 Å². The Balaban J connectivity index is 1.25. The monoisotopic (exact) mass is 684 g/mol. The maximum Gasteiger partial charge on any atom is 0.387 e. The smallest absolute Gasteiger partial charge is 0.387 e. The van der Waals surface area contributed by atoms with E-state index in [1.165, 1.54) is 39.4 Å². The minimum absolute atomic E-state index is 0.109. The van der Waals surface area contributed by atoms with Crippen molar-refractivity contribution in [3.8, 4) is 17.0 Å². The molecule has 0 aliphatic carbocycles. The van der Waals surface area contributed by atoms with E-state index in [9.17, 15) is 18.4 Å². The number of likely N-dealkylation sites (tertiary alicyclic amines) is 1. The summed E-state index contributed by atoms with van der Waals surface area (Å²) in [6.45, 7) is 3.85. The van der Waals surface area contributed by atoms with E-state index in [-0.39, 0.29) is 52.2 Å². The lowest BCUT2D eigenvalue weighted by Gasteiger charge is -2.37. The van der Waals surface area contributed by atoms with Gasteiger partial charge < -0.3 is 24.4 Å². The van der Waals surface area contributed by atoms with Crippen LogP contribution in [-0.4, -0.2) is 110 Å². The van der Waals surface area contributed by atoms with Gasteiger partial charge >= 0.3 is 6.61 Å². The standard InChI is InChI=1S/C32H38F2N8O5S/c1-20(2)48-22-5-6-26(47-32(33)34)23(15-22)29-25(37-31(44)24-16-36-42-10-4-9-35-30(24)42)17-41(38-29)18-27(43)40-11-7-21(8-12-40)39(3)19-28-45-13-14-46-28/h4-6,9-10,15-17,20-21,28,32H,7-8,11-14,18-19H2,1-3H3,(H,37,44). The number of nitrogens with one attached hydrogen (secondary N) is 1. The number of piperidine rings is 1. The molecule has 48 heavy (non-hydrogen) atoms. The van der Waals surface area contributed by atoms with Gasteiger partial charge in [0.1, 0.15) is 23.6 Å². The number of benzene rings is 1. The molecule has 0 radical (unpaired) electrons. The molecule has 5 heterocycles. The van der Waals surface area contributed by atoms with Crippen LogP contribution in [0.15, 0.2) is 53.9 Å². The van der Waals surface area contributed by atoms with E-state index >= 15 is 0 Å². The van der Waals surface area contributed by atoms with Crippen LogP contribution < -0.4 is 10.1 Å². The van der Waals surface area contributed by atoms with Gasteiger partial charge in [-0.05, 0) is 44.2 Å². The molecule has 3 aromatic heterocycles. The molecule has 2 aliphatic heterocycles. The van der Waals surface area contributed by atoms with Crippen molar-refractivity contribution in [2.75, 3.05) is 45.2 Å². The van der Waals surface area contributed by atoms with Crippen molar-refractivity contribution in [2.24, 2.45) is 0 Å². The number of thioether (sulfide) groups is 1. The van der Waals surface area contributed by atoms with E-state index in [0.717, 1.165) is 17.7 Å². The second kappa shape index (κ2) is 15.0. The van der Waals surface area contributed by atoms with Crippen LogP contribution in [0.25, 0.3) is 16.9 Å². The summed E-state index contributed by atoms with van der Waals surface area (Å²) in [5, 5.41) is 11.9. The van der Waals surface area contributed by atoms with Crippen LogP contribution in [0.1, 0.15) is 37.0 Å². The summed E-state index contributed by atoms with van der Waals surface area (Å²) in [5.41, 5.74) is 1.19. The van der Waals surface area contributed by atoms with E-state index in [2.05, 4.69) is 25.4 Å². The topological polar surface area (TPSA) is 128 Å². The molecule has 16 heteroatoms. The van der Waals surface area contributed by atoms with Gasteiger partial charge in [0.25, 0.3) is 5.91 Å². The number of alkyl halides is 2. The summed E-state index contributed by atoms with van der Waals surface area (Å²) in [7, 11) is 2.04. The van der Waals surface area contributed by atoms with Crippen molar-refractivity contribution < 1.29 is 32.6 Å². The highest BCUT2D eigenvalue weighted by molar-refractivity contribution is 7.99. The van der Waals surface area contributed by atoms with Crippen molar-refractivity contribution in [1.82, 2.24) is 34.2 Å². The van der Waals surface area contributed by atoms with Crippen LogP contribution in [0.2, 0.25) is 0 Å². The number of nitrogens with zero attached hydrogens (tertiary/aromatic N) is 7. The summed E-state index contributed by atoms with van der Waals surface area (Å²) in [4.78, 5) is 36.1. The maximum absolute atomic E-state index is 13.5. The minimum atomic E-state index is -3.08. The lowest BCUT2D eigenvalue weighted by atomic mass is 10.0. The Kier molecular flexibility index (Phi) is 10.5. The fraction of sp³-hybridized carbons (Fsp3) is 0.469. The largest absolute Gasteiger partial charge is 0.434 e. The Morgan fingerprint density at radius 2 is 1.96 bits per heavy atom. The van der Waals surface area contributed by atoms with Gasteiger partial charge in [-0.1, -0.05) is 13.8 Å². The SMILES string of the molecule is CC(C)Sc1ccc(OC(F)F)c(-c2nn(CC(=O)N3CCC(N(C)CC4OCCO4)CC3)cc2NC(=O)c2cnn3cccnc23)c1. The molecule has 0 atom stereocenters. The summed E-state index contributed by atoms with van der Waals surface area (Å²) in [6.07, 6.45) is 7.50. The zero-order chi connectivity index (χ0) is 33.8. The molecule has 2 saturated heterocycles. The molecule has 0 bridgehead atoms. The summed E-state index contributed by atoms with van der Waals surface area (Å²) in [6, 6.07) is 6.84. The Bertz CT molecular complexity index is 1740. The number of amides is 2. The van der Waals surface area contributed by atoms with Crippen LogP contribution in [0.3, 0.4) is 0 Å². The molecular weight excluding hydrogens is 646 g/mol. The fourth-order valence-electron chi connectivity index (χ4n) is 5.90. The van der Waals surface area contributed by atoms with Crippen molar-refractivity contribution in [3.63, 3.8) is 0 Å². The van der Waals surface area contributed by atoms with Crippen molar-refractivity contribution in [1.29, 1.82) is 0 Å². The predicted octanol–water partition coefficient (Wildman–Crippen LogP) is 4.24. The molecule has 6 rings (SSSR count). The number of fused-ring (bicyclic) bond motifs is 1. The molecular formula is C32H38F2N8O5S. The van der Waals surface area contributed by atoms with Crippen LogP contribution in [-0.2, 0) is 20.8 Å². The number of ether oxygens (including phenoxy) is 3. The Morgan fingerprint density at radius 3 is 2.69 bits per heavy atom. The van der Waals surface area contributed by atoms with Crippen molar-refractivity contribution in [3.05, 3.63) is 54.6 Å². The Hall–Kier alpha value is -4.12. The first-order valence-electron chi connectivity index (χ1n) is 15.8.